The number of thioether (sulfide) groups is 1. The maximum Gasteiger partial charge on any atom is 0.255 e. The predicted octanol–water partition coefficient (Wildman–Crippen LogP) is 6.50. The van der Waals surface area contributed by atoms with Gasteiger partial charge in [-0.1, -0.05) is 35.9 Å². The van der Waals surface area contributed by atoms with Crippen LogP contribution in [0.3, 0.4) is 0 Å². The predicted molar refractivity (Wildman–Crippen MR) is 111 cm³/mol. The monoisotopic (exact) mass is 381 g/mol. The highest BCUT2D eigenvalue weighted by molar-refractivity contribution is 7.98. The van der Waals surface area contributed by atoms with Gasteiger partial charge in [-0.25, -0.2) is 0 Å². The van der Waals surface area contributed by atoms with Gasteiger partial charge >= 0.3 is 0 Å². The molecule has 3 rings (SSSR count). The molecule has 0 saturated heterocycles. The van der Waals surface area contributed by atoms with Gasteiger partial charge in [0.25, 0.3) is 5.91 Å². The van der Waals surface area contributed by atoms with Crippen molar-refractivity contribution in [2.75, 3.05) is 5.32 Å². The van der Waals surface area contributed by atoms with Crippen molar-refractivity contribution in [1.29, 1.82) is 0 Å². The van der Waals surface area contributed by atoms with E-state index in [1.54, 1.807) is 11.8 Å². The maximum atomic E-state index is 12.5. The third kappa shape index (κ3) is 4.69. The summed E-state index contributed by atoms with van der Waals surface area (Å²) in [4.78, 5) is 13.6. The molecule has 0 saturated carbocycles. The van der Waals surface area contributed by atoms with E-state index in [0.29, 0.717) is 5.56 Å². The van der Waals surface area contributed by atoms with Gasteiger partial charge in [-0.3, -0.25) is 4.79 Å². The lowest BCUT2D eigenvalue weighted by atomic mass is 10.1. The normalized spacial score (nSPS) is 10.6. The molecule has 0 aliphatic heterocycles. The third-order valence-electron chi connectivity index (χ3n) is 4.29. The Morgan fingerprint density at radius 2 is 1.65 bits per heavy atom. The Kier molecular flexibility index (Phi) is 6.02. The van der Waals surface area contributed by atoms with E-state index >= 15 is 0 Å². The number of aryl methyl sites for hydroxylation is 1. The van der Waals surface area contributed by atoms with Crippen LogP contribution >= 0.6 is 23.4 Å². The fraction of sp³-hybridized carbons (Fsp3) is 0.136. The number of benzene rings is 3. The van der Waals surface area contributed by atoms with Gasteiger partial charge in [-0.15, -0.1) is 11.8 Å². The molecule has 0 unspecified atom stereocenters. The average Bonchev–Trinajstić information content (AvgIpc) is 2.65. The van der Waals surface area contributed by atoms with Crippen molar-refractivity contribution in [2.45, 2.75) is 24.5 Å². The summed E-state index contributed by atoms with van der Waals surface area (Å²) in [6, 6.07) is 21.5. The van der Waals surface area contributed by atoms with E-state index in [2.05, 4.69) is 5.32 Å². The molecule has 0 bridgehead atoms. The van der Waals surface area contributed by atoms with E-state index in [0.717, 1.165) is 27.6 Å². The average molecular weight is 382 g/mol. The Hall–Kier alpha value is -2.23. The van der Waals surface area contributed by atoms with Crippen molar-refractivity contribution in [1.82, 2.24) is 0 Å². The Morgan fingerprint density at radius 3 is 2.35 bits per heavy atom. The molecule has 26 heavy (non-hydrogen) atoms. The number of carbonyl (C=O) groups excluding carboxylic acids is 1. The van der Waals surface area contributed by atoms with Crippen LogP contribution in [0.1, 0.15) is 27.0 Å². The summed E-state index contributed by atoms with van der Waals surface area (Å²) >= 11 is 7.65. The summed E-state index contributed by atoms with van der Waals surface area (Å²) in [5, 5.41) is 3.74. The van der Waals surface area contributed by atoms with Crippen LogP contribution in [0.5, 0.6) is 0 Å². The first-order valence-corrected chi connectivity index (χ1v) is 9.74. The number of carbonyl (C=O) groups is 1. The number of hydrogen-bond donors (Lipinski definition) is 1. The van der Waals surface area contributed by atoms with Gasteiger partial charge in [0.2, 0.25) is 0 Å². The SMILES string of the molecule is Cc1cccc(NC(=O)c2ccc(CSc3ccc(Cl)cc3)cc2)c1C. The second-order valence-electron chi connectivity index (χ2n) is 6.14. The quantitative estimate of drug-likeness (QED) is 0.511. The van der Waals surface area contributed by atoms with Gasteiger partial charge in [0.1, 0.15) is 0 Å². The number of nitrogens with one attached hydrogen (secondary N) is 1. The van der Waals surface area contributed by atoms with Crippen molar-refractivity contribution in [3.05, 3.63) is 94.0 Å². The van der Waals surface area contributed by atoms with E-state index in [4.69, 9.17) is 11.6 Å². The summed E-state index contributed by atoms with van der Waals surface area (Å²) in [5.74, 6) is 0.760. The zero-order valence-corrected chi connectivity index (χ0v) is 16.3. The Bertz CT molecular complexity index is 904. The highest BCUT2D eigenvalue weighted by Gasteiger charge is 2.08. The minimum absolute atomic E-state index is 0.0874. The molecular weight excluding hydrogens is 362 g/mol. The fourth-order valence-corrected chi connectivity index (χ4v) is 3.51. The van der Waals surface area contributed by atoms with Crippen LogP contribution in [0.15, 0.2) is 71.6 Å². The lowest BCUT2D eigenvalue weighted by molar-refractivity contribution is 0.102. The summed E-state index contributed by atoms with van der Waals surface area (Å²) in [5.41, 5.74) is 4.95. The number of anilines is 1. The molecule has 3 aromatic rings. The standard InChI is InChI=1S/C22H20ClNOS/c1-15-4-3-5-21(16(15)2)24-22(25)18-8-6-17(7-9-18)14-26-20-12-10-19(23)11-13-20/h3-13H,14H2,1-2H3,(H,24,25). The van der Waals surface area contributed by atoms with Crippen molar-refractivity contribution >= 4 is 35.0 Å². The molecule has 0 aliphatic rings. The largest absolute Gasteiger partial charge is 0.322 e. The van der Waals surface area contributed by atoms with E-state index in [9.17, 15) is 4.79 Å². The minimum Gasteiger partial charge on any atom is -0.322 e. The Morgan fingerprint density at radius 1 is 0.962 bits per heavy atom. The van der Waals surface area contributed by atoms with E-state index in [1.165, 1.54) is 10.5 Å². The van der Waals surface area contributed by atoms with Gasteiger partial charge < -0.3 is 5.32 Å². The molecule has 1 N–H and O–H groups in total. The van der Waals surface area contributed by atoms with E-state index in [-0.39, 0.29) is 5.91 Å². The smallest absolute Gasteiger partial charge is 0.255 e. The van der Waals surface area contributed by atoms with E-state index < -0.39 is 0 Å². The summed E-state index contributed by atoms with van der Waals surface area (Å²) in [7, 11) is 0. The van der Waals surface area contributed by atoms with Gasteiger partial charge in [0.05, 0.1) is 0 Å². The minimum atomic E-state index is -0.0874. The van der Waals surface area contributed by atoms with Gasteiger partial charge in [-0.2, -0.15) is 0 Å². The van der Waals surface area contributed by atoms with Crippen molar-refractivity contribution < 1.29 is 4.79 Å². The summed E-state index contributed by atoms with van der Waals surface area (Å²) in [6.07, 6.45) is 0. The molecule has 132 valence electrons. The van der Waals surface area contributed by atoms with Crippen LogP contribution in [0.25, 0.3) is 0 Å². The van der Waals surface area contributed by atoms with Crippen LogP contribution in [-0.2, 0) is 5.75 Å². The van der Waals surface area contributed by atoms with Crippen molar-refractivity contribution in [3.63, 3.8) is 0 Å². The lowest BCUT2D eigenvalue weighted by Crippen LogP contribution is -2.13. The Balaban J connectivity index is 1.62. The first-order chi connectivity index (χ1) is 12.5. The van der Waals surface area contributed by atoms with Crippen molar-refractivity contribution in [2.24, 2.45) is 0 Å². The molecule has 0 radical (unpaired) electrons. The summed E-state index contributed by atoms with van der Waals surface area (Å²) < 4.78 is 0. The maximum absolute atomic E-state index is 12.5. The highest BCUT2D eigenvalue weighted by Crippen LogP contribution is 2.24. The van der Waals surface area contributed by atoms with Crippen molar-refractivity contribution in [3.8, 4) is 0 Å². The fourth-order valence-electron chi connectivity index (χ4n) is 2.53. The van der Waals surface area contributed by atoms with Gasteiger partial charge in [0.15, 0.2) is 0 Å². The molecule has 2 nitrogen and oxygen atoms in total. The molecule has 0 spiro atoms. The first kappa shape index (κ1) is 18.6. The van der Waals surface area contributed by atoms with Gasteiger partial charge in [0, 0.05) is 26.9 Å². The lowest BCUT2D eigenvalue weighted by Gasteiger charge is -2.10. The van der Waals surface area contributed by atoms with Crippen LogP contribution in [0.2, 0.25) is 5.02 Å². The first-order valence-electron chi connectivity index (χ1n) is 8.38. The molecule has 4 heteroatoms. The number of rotatable bonds is 5. The van der Waals surface area contributed by atoms with Crippen LogP contribution in [-0.4, -0.2) is 5.91 Å². The zero-order chi connectivity index (χ0) is 18.5. The molecular formula is C22H20ClNOS. The third-order valence-corrected chi connectivity index (χ3v) is 5.62. The number of amides is 1. The van der Waals surface area contributed by atoms with Crippen LogP contribution < -0.4 is 5.32 Å². The second kappa shape index (κ2) is 8.43. The molecule has 0 aliphatic carbocycles. The molecule has 1 amide bonds. The van der Waals surface area contributed by atoms with E-state index in [1.807, 2.05) is 80.6 Å². The van der Waals surface area contributed by atoms with Gasteiger partial charge in [-0.05, 0) is 73.0 Å². The molecule has 0 fully saturated rings. The molecule has 0 aromatic heterocycles. The molecule has 0 atom stereocenters. The van der Waals surface area contributed by atoms with Crippen LogP contribution in [0, 0.1) is 13.8 Å². The second-order valence-corrected chi connectivity index (χ2v) is 7.63. The highest BCUT2D eigenvalue weighted by atomic mass is 35.5. The molecule has 0 heterocycles. The Labute approximate surface area is 163 Å². The van der Waals surface area contributed by atoms with Crippen LogP contribution in [0.4, 0.5) is 5.69 Å². The zero-order valence-electron chi connectivity index (χ0n) is 14.8. The number of halogens is 1. The molecule has 3 aromatic carbocycles. The topological polar surface area (TPSA) is 29.1 Å². The number of hydrogen-bond acceptors (Lipinski definition) is 2. The summed E-state index contributed by atoms with van der Waals surface area (Å²) in [6.45, 7) is 4.06.